The highest BCUT2D eigenvalue weighted by Crippen LogP contribution is 2.45. The molecule has 2 unspecified atom stereocenters. The third kappa shape index (κ3) is 1.88. The highest BCUT2D eigenvalue weighted by atomic mass is 16.2. The number of hydrogen-bond acceptors (Lipinski definition) is 2. The highest BCUT2D eigenvalue weighted by molar-refractivity contribution is 6.02. The first-order valence-corrected chi connectivity index (χ1v) is 7.64. The fraction of sp³-hybridized carbons (Fsp3) is 0.529. The van der Waals surface area contributed by atoms with E-state index in [9.17, 15) is 9.59 Å². The number of hydrogen-bond donors (Lipinski definition) is 1. The Morgan fingerprint density at radius 3 is 2.33 bits per heavy atom. The van der Waals surface area contributed by atoms with Gasteiger partial charge in [0.05, 0.1) is 0 Å². The predicted molar refractivity (Wildman–Crippen MR) is 80.5 cm³/mol. The molecule has 1 aliphatic heterocycles. The van der Waals surface area contributed by atoms with E-state index in [-0.39, 0.29) is 17.7 Å². The van der Waals surface area contributed by atoms with Crippen molar-refractivity contribution in [3.8, 4) is 0 Å². The van der Waals surface area contributed by atoms with Gasteiger partial charge < -0.3 is 10.2 Å². The van der Waals surface area contributed by atoms with Crippen LogP contribution in [0.5, 0.6) is 0 Å². The van der Waals surface area contributed by atoms with Crippen molar-refractivity contribution in [2.45, 2.75) is 44.7 Å². The summed E-state index contributed by atoms with van der Waals surface area (Å²) in [5.74, 6) is 0.242. The van der Waals surface area contributed by atoms with Gasteiger partial charge in [-0.2, -0.15) is 0 Å². The number of piperazine rings is 1. The van der Waals surface area contributed by atoms with Gasteiger partial charge in [0.25, 0.3) is 5.91 Å². The van der Waals surface area contributed by atoms with Crippen LogP contribution in [0.3, 0.4) is 0 Å². The lowest BCUT2D eigenvalue weighted by molar-refractivity contribution is -0.163. The Hall–Kier alpha value is -1.84. The van der Waals surface area contributed by atoms with Crippen LogP contribution in [-0.2, 0) is 15.1 Å². The predicted octanol–water partition coefficient (Wildman–Crippen LogP) is 2.05. The number of likely N-dealkylation sites (N-methyl/N-ethyl adjacent to an activating group) is 1. The van der Waals surface area contributed by atoms with Crippen LogP contribution in [0.15, 0.2) is 30.3 Å². The zero-order valence-corrected chi connectivity index (χ0v) is 12.8. The van der Waals surface area contributed by atoms with Crippen molar-refractivity contribution < 1.29 is 9.59 Å². The number of carbonyl (C=O) groups excluding carboxylic acids is 2. The van der Waals surface area contributed by atoms with Gasteiger partial charge in [-0.1, -0.05) is 30.3 Å². The largest absolute Gasteiger partial charge is 0.339 e. The summed E-state index contributed by atoms with van der Waals surface area (Å²) in [6, 6.07) is 9.55. The van der Waals surface area contributed by atoms with Crippen molar-refractivity contribution in [2.24, 2.45) is 5.92 Å². The summed E-state index contributed by atoms with van der Waals surface area (Å²) in [6.07, 6.45) is 2.03. The van der Waals surface area contributed by atoms with Gasteiger partial charge in [0.2, 0.25) is 5.91 Å². The van der Waals surface area contributed by atoms with Gasteiger partial charge in [-0.15, -0.1) is 0 Å². The molecule has 4 nitrogen and oxygen atoms in total. The Balaban J connectivity index is 2.06. The third-order valence-electron chi connectivity index (χ3n) is 5.09. The fourth-order valence-corrected chi connectivity index (χ4v) is 3.46. The molecule has 2 atom stereocenters. The van der Waals surface area contributed by atoms with Gasteiger partial charge in [-0.3, -0.25) is 9.59 Å². The molecule has 0 aromatic heterocycles. The number of amides is 2. The zero-order valence-electron chi connectivity index (χ0n) is 12.8. The number of carbonyl (C=O) groups is 2. The van der Waals surface area contributed by atoms with Crippen molar-refractivity contribution in [2.75, 3.05) is 6.54 Å². The van der Waals surface area contributed by atoms with Crippen LogP contribution in [0, 0.1) is 5.92 Å². The van der Waals surface area contributed by atoms with E-state index in [4.69, 9.17) is 0 Å². The number of benzene rings is 1. The van der Waals surface area contributed by atoms with Gasteiger partial charge >= 0.3 is 0 Å². The van der Waals surface area contributed by atoms with Gasteiger partial charge in [-0.25, -0.2) is 0 Å². The minimum atomic E-state index is -0.929. The Kier molecular flexibility index (Phi) is 3.08. The Bertz CT molecular complexity index is 582. The summed E-state index contributed by atoms with van der Waals surface area (Å²) in [4.78, 5) is 27.6. The first-order chi connectivity index (χ1) is 9.94. The number of nitrogens with zero attached hydrogens (tertiary/aromatic N) is 1. The first-order valence-electron chi connectivity index (χ1n) is 7.64. The Labute approximate surface area is 125 Å². The molecule has 1 saturated carbocycles. The molecule has 112 valence electrons. The Morgan fingerprint density at radius 1 is 1.19 bits per heavy atom. The smallest absolute Gasteiger partial charge is 0.251 e. The van der Waals surface area contributed by atoms with E-state index in [1.807, 2.05) is 51.1 Å². The summed E-state index contributed by atoms with van der Waals surface area (Å²) >= 11 is 0. The van der Waals surface area contributed by atoms with Gasteiger partial charge in [0.15, 0.2) is 0 Å². The molecule has 0 radical (unpaired) electrons. The van der Waals surface area contributed by atoms with E-state index in [2.05, 4.69) is 5.32 Å². The lowest BCUT2D eigenvalue weighted by atomic mass is 9.80. The van der Waals surface area contributed by atoms with E-state index < -0.39 is 11.1 Å². The molecule has 2 fully saturated rings. The summed E-state index contributed by atoms with van der Waals surface area (Å²) in [5, 5.41) is 3.03. The van der Waals surface area contributed by atoms with Crippen LogP contribution in [0.25, 0.3) is 0 Å². The van der Waals surface area contributed by atoms with Crippen LogP contribution >= 0.6 is 0 Å². The maximum Gasteiger partial charge on any atom is 0.251 e. The van der Waals surface area contributed by atoms with Crippen molar-refractivity contribution in [1.29, 1.82) is 0 Å². The molecule has 0 bridgehead atoms. The molecule has 4 heteroatoms. The molecule has 21 heavy (non-hydrogen) atoms. The maximum atomic E-state index is 13.0. The molecular weight excluding hydrogens is 264 g/mol. The Morgan fingerprint density at radius 2 is 1.81 bits per heavy atom. The molecule has 1 aliphatic carbocycles. The van der Waals surface area contributed by atoms with Crippen molar-refractivity contribution in [3.05, 3.63) is 35.9 Å². The minimum Gasteiger partial charge on any atom is -0.339 e. The standard InChI is InChI=1S/C17H22N2O2/c1-4-19-15(21)16(2,12-10-11-12)18-14(20)17(19,3)13-8-6-5-7-9-13/h5-9,12H,4,10-11H2,1-3H3,(H,18,20). The maximum absolute atomic E-state index is 13.0. The van der Waals surface area contributed by atoms with E-state index >= 15 is 0 Å². The summed E-state index contributed by atoms with van der Waals surface area (Å²) in [6.45, 7) is 6.18. The van der Waals surface area contributed by atoms with Crippen molar-refractivity contribution >= 4 is 11.8 Å². The highest BCUT2D eigenvalue weighted by Gasteiger charge is 2.59. The third-order valence-corrected chi connectivity index (χ3v) is 5.09. The minimum absolute atomic E-state index is 0.0402. The van der Waals surface area contributed by atoms with Gasteiger partial charge in [-0.05, 0) is 45.1 Å². The zero-order chi connectivity index (χ0) is 15.3. The second-order valence-corrected chi connectivity index (χ2v) is 6.42. The summed E-state index contributed by atoms with van der Waals surface area (Å²) in [5.41, 5.74) is -0.807. The molecule has 1 aromatic carbocycles. The number of rotatable bonds is 3. The summed E-state index contributed by atoms with van der Waals surface area (Å²) in [7, 11) is 0. The number of nitrogens with one attached hydrogen (secondary N) is 1. The SMILES string of the molecule is CCN1C(=O)C(C)(C2CC2)NC(=O)C1(C)c1ccccc1. The molecule has 2 aliphatic rings. The van der Waals surface area contributed by atoms with Crippen LogP contribution in [0.2, 0.25) is 0 Å². The average molecular weight is 286 g/mol. The average Bonchev–Trinajstić information content (AvgIpc) is 3.32. The normalized spacial score (nSPS) is 33.0. The molecule has 1 aromatic rings. The van der Waals surface area contributed by atoms with E-state index in [0.717, 1.165) is 18.4 Å². The van der Waals surface area contributed by atoms with Gasteiger partial charge in [0, 0.05) is 6.54 Å². The molecule has 1 N–H and O–H groups in total. The monoisotopic (exact) mass is 286 g/mol. The van der Waals surface area contributed by atoms with E-state index in [1.165, 1.54) is 0 Å². The van der Waals surface area contributed by atoms with E-state index in [0.29, 0.717) is 6.54 Å². The van der Waals surface area contributed by atoms with Crippen LogP contribution in [-0.4, -0.2) is 28.8 Å². The van der Waals surface area contributed by atoms with Crippen molar-refractivity contribution in [1.82, 2.24) is 10.2 Å². The van der Waals surface area contributed by atoms with Crippen molar-refractivity contribution in [3.63, 3.8) is 0 Å². The van der Waals surface area contributed by atoms with Crippen LogP contribution < -0.4 is 5.32 Å². The molecule has 1 saturated heterocycles. The molecule has 1 heterocycles. The topological polar surface area (TPSA) is 49.4 Å². The molecule has 0 spiro atoms. The second kappa shape index (κ2) is 4.58. The van der Waals surface area contributed by atoms with E-state index in [1.54, 1.807) is 4.90 Å². The second-order valence-electron chi connectivity index (χ2n) is 6.42. The quantitative estimate of drug-likeness (QED) is 0.924. The summed E-state index contributed by atoms with van der Waals surface area (Å²) < 4.78 is 0. The molecule has 3 rings (SSSR count). The van der Waals surface area contributed by atoms with Crippen LogP contribution in [0.4, 0.5) is 0 Å². The lowest BCUT2D eigenvalue weighted by Crippen LogP contribution is -2.73. The molecular formula is C17H22N2O2. The first kappa shape index (κ1) is 14.1. The van der Waals surface area contributed by atoms with Gasteiger partial charge in [0.1, 0.15) is 11.1 Å². The fourth-order valence-electron chi connectivity index (χ4n) is 3.46. The molecule has 2 amide bonds. The van der Waals surface area contributed by atoms with Crippen LogP contribution in [0.1, 0.15) is 39.2 Å². The lowest BCUT2D eigenvalue weighted by Gasteiger charge is -2.50.